The number of nitrogens with one attached hydrogen (secondary N) is 1. The number of hydrogen-bond donors (Lipinski definition) is 1. The number of para-hydroxylation sites is 1. The van der Waals surface area contributed by atoms with Crippen LogP contribution >= 0.6 is 11.3 Å². The third kappa shape index (κ3) is 3.57. The highest BCUT2D eigenvalue weighted by molar-refractivity contribution is 7.10. The monoisotopic (exact) mass is 384 g/mol. The number of thiophene rings is 1. The molecule has 0 bridgehead atoms. The average Bonchev–Trinajstić information content (AvgIpc) is 3.35. The van der Waals surface area contributed by atoms with Crippen molar-refractivity contribution in [3.8, 4) is 0 Å². The van der Waals surface area contributed by atoms with E-state index in [0.29, 0.717) is 6.54 Å². The Bertz CT molecular complexity index is 959. The van der Waals surface area contributed by atoms with Crippen LogP contribution < -0.4 is 10.2 Å². The molecule has 0 saturated heterocycles. The van der Waals surface area contributed by atoms with Gasteiger partial charge in [-0.25, -0.2) is 8.78 Å². The predicted molar refractivity (Wildman–Crippen MR) is 103 cm³/mol. The summed E-state index contributed by atoms with van der Waals surface area (Å²) in [7, 11) is 0. The lowest BCUT2D eigenvalue weighted by molar-refractivity contribution is 0.0950. The van der Waals surface area contributed by atoms with E-state index in [4.69, 9.17) is 0 Å². The Morgan fingerprint density at radius 3 is 2.74 bits per heavy atom. The summed E-state index contributed by atoms with van der Waals surface area (Å²) in [5.41, 5.74) is 2.59. The molecule has 2 aromatic carbocycles. The normalized spacial score (nSPS) is 14.1. The topological polar surface area (TPSA) is 32.3 Å². The SMILES string of the molecule is O=C(NC[C@@H](c1cccs1)N1CCc2ccccc21)c1ccc(F)c(F)c1. The molecule has 1 atom stereocenters. The third-order valence-electron chi connectivity index (χ3n) is 4.81. The summed E-state index contributed by atoms with van der Waals surface area (Å²) in [5.74, 6) is -2.40. The van der Waals surface area contributed by atoms with Crippen molar-refractivity contribution in [3.05, 3.63) is 87.6 Å². The molecule has 1 aromatic heterocycles. The smallest absolute Gasteiger partial charge is 0.251 e. The van der Waals surface area contributed by atoms with Gasteiger partial charge in [0.25, 0.3) is 5.91 Å². The van der Waals surface area contributed by atoms with Crippen molar-refractivity contribution in [2.24, 2.45) is 0 Å². The van der Waals surface area contributed by atoms with Crippen molar-refractivity contribution in [3.63, 3.8) is 0 Å². The second-order valence-corrected chi connectivity index (χ2v) is 7.42. The number of hydrogen-bond acceptors (Lipinski definition) is 3. The largest absolute Gasteiger partial charge is 0.361 e. The molecule has 3 nitrogen and oxygen atoms in total. The maximum atomic E-state index is 13.4. The number of anilines is 1. The second-order valence-electron chi connectivity index (χ2n) is 6.44. The molecule has 4 rings (SSSR count). The van der Waals surface area contributed by atoms with Crippen molar-refractivity contribution < 1.29 is 13.6 Å². The Kier molecular flexibility index (Phi) is 4.90. The molecule has 0 radical (unpaired) electrons. The molecule has 27 heavy (non-hydrogen) atoms. The fraction of sp³-hybridized carbons (Fsp3) is 0.190. The quantitative estimate of drug-likeness (QED) is 0.699. The van der Waals surface area contributed by atoms with E-state index in [-0.39, 0.29) is 11.6 Å². The molecule has 1 amide bonds. The minimum atomic E-state index is -1.02. The number of rotatable bonds is 5. The Morgan fingerprint density at radius 2 is 1.96 bits per heavy atom. The van der Waals surface area contributed by atoms with E-state index in [9.17, 15) is 13.6 Å². The molecule has 1 aliphatic heterocycles. The van der Waals surface area contributed by atoms with Crippen LogP contribution in [0.15, 0.2) is 60.0 Å². The number of nitrogens with zero attached hydrogens (tertiary/aromatic N) is 1. The number of carbonyl (C=O) groups excluding carboxylic acids is 1. The van der Waals surface area contributed by atoms with E-state index in [1.165, 1.54) is 17.3 Å². The number of carbonyl (C=O) groups is 1. The number of benzene rings is 2. The van der Waals surface area contributed by atoms with Gasteiger partial charge in [0, 0.05) is 29.2 Å². The van der Waals surface area contributed by atoms with Crippen LogP contribution in [0.5, 0.6) is 0 Å². The zero-order valence-electron chi connectivity index (χ0n) is 14.5. The first-order valence-corrected chi connectivity index (χ1v) is 9.62. The van der Waals surface area contributed by atoms with Crippen LogP contribution in [0.1, 0.15) is 26.8 Å². The van der Waals surface area contributed by atoms with Gasteiger partial charge < -0.3 is 10.2 Å². The molecule has 1 aliphatic rings. The van der Waals surface area contributed by atoms with Gasteiger partial charge in [-0.15, -0.1) is 11.3 Å². The molecule has 3 aromatic rings. The zero-order valence-corrected chi connectivity index (χ0v) is 15.3. The lowest BCUT2D eigenvalue weighted by Crippen LogP contribution is -2.37. The summed E-state index contributed by atoms with van der Waals surface area (Å²) in [6.07, 6.45) is 0.967. The van der Waals surface area contributed by atoms with Crippen molar-refractivity contribution in [2.75, 3.05) is 18.0 Å². The van der Waals surface area contributed by atoms with Crippen LogP contribution in [0, 0.1) is 11.6 Å². The number of fused-ring (bicyclic) bond motifs is 1. The molecular weight excluding hydrogens is 366 g/mol. The first-order chi connectivity index (χ1) is 13.1. The predicted octanol–water partition coefficient (Wildman–Crippen LogP) is 4.56. The van der Waals surface area contributed by atoms with Crippen molar-refractivity contribution >= 4 is 22.9 Å². The van der Waals surface area contributed by atoms with Crippen LogP contribution in [-0.4, -0.2) is 19.0 Å². The lowest BCUT2D eigenvalue weighted by Gasteiger charge is -2.30. The summed E-state index contributed by atoms with van der Waals surface area (Å²) in [4.78, 5) is 15.9. The van der Waals surface area contributed by atoms with Gasteiger partial charge in [0.05, 0.1) is 6.04 Å². The fourth-order valence-corrected chi connectivity index (χ4v) is 4.30. The summed E-state index contributed by atoms with van der Waals surface area (Å²) in [6, 6.07) is 15.5. The van der Waals surface area contributed by atoms with Gasteiger partial charge in [0.15, 0.2) is 11.6 Å². The molecular formula is C21H18F2N2OS. The molecule has 0 fully saturated rings. The van der Waals surface area contributed by atoms with E-state index in [2.05, 4.69) is 28.4 Å². The highest BCUT2D eigenvalue weighted by Crippen LogP contribution is 2.36. The average molecular weight is 384 g/mol. The van der Waals surface area contributed by atoms with Crippen molar-refractivity contribution in [2.45, 2.75) is 12.5 Å². The van der Waals surface area contributed by atoms with E-state index in [0.717, 1.165) is 30.0 Å². The zero-order chi connectivity index (χ0) is 18.8. The Labute approximate surface area is 160 Å². The molecule has 2 heterocycles. The summed E-state index contributed by atoms with van der Waals surface area (Å²) in [5, 5.41) is 4.89. The maximum absolute atomic E-state index is 13.4. The molecule has 138 valence electrons. The van der Waals surface area contributed by atoms with Crippen LogP contribution in [0.3, 0.4) is 0 Å². The number of amides is 1. The molecule has 1 N–H and O–H groups in total. The second kappa shape index (κ2) is 7.48. The summed E-state index contributed by atoms with van der Waals surface area (Å²) >= 11 is 1.64. The van der Waals surface area contributed by atoms with Crippen LogP contribution in [0.4, 0.5) is 14.5 Å². The minimum absolute atomic E-state index is 0.0112. The van der Waals surface area contributed by atoms with E-state index >= 15 is 0 Å². The maximum Gasteiger partial charge on any atom is 0.251 e. The Morgan fingerprint density at radius 1 is 1.11 bits per heavy atom. The summed E-state index contributed by atoms with van der Waals surface area (Å²) in [6.45, 7) is 1.26. The van der Waals surface area contributed by atoms with E-state index in [1.54, 1.807) is 11.3 Å². The highest BCUT2D eigenvalue weighted by Gasteiger charge is 2.28. The Balaban J connectivity index is 1.54. The van der Waals surface area contributed by atoms with Crippen molar-refractivity contribution in [1.29, 1.82) is 0 Å². The van der Waals surface area contributed by atoms with Gasteiger partial charge in [-0.1, -0.05) is 24.3 Å². The van der Waals surface area contributed by atoms with Gasteiger partial charge >= 0.3 is 0 Å². The van der Waals surface area contributed by atoms with Gasteiger partial charge in [-0.05, 0) is 47.7 Å². The van der Waals surface area contributed by atoms with Gasteiger partial charge in [0.1, 0.15) is 0 Å². The van der Waals surface area contributed by atoms with Crippen molar-refractivity contribution in [1.82, 2.24) is 5.32 Å². The van der Waals surface area contributed by atoms with Crippen LogP contribution in [0.2, 0.25) is 0 Å². The van der Waals surface area contributed by atoms with Crippen LogP contribution in [-0.2, 0) is 6.42 Å². The third-order valence-corrected chi connectivity index (χ3v) is 5.78. The van der Waals surface area contributed by atoms with E-state index in [1.807, 2.05) is 23.6 Å². The fourth-order valence-electron chi connectivity index (χ4n) is 3.46. The highest BCUT2D eigenvalue weighted by atomic mass is 32.1. The van der Waals surface area contributed by atoms with Gasteiger partial charge in [-0.2, -0.15) is 0 Å². The van der Waals surface area contributed by atoms with Gasteiger partial charge in [0.2, 0.25) is 0 Å². The Hall–Kier alpha value is -2.73. The first kappa shape index (κ1) is 17.7. The molecule has 6 heteroatoms. The lowest BCUT2D eigenvalue weighted by atomic mass is 10.1. The summed E-state index contributed by atoms with van der Waals surface area (Å²) < 4.78 is 26.5. The molecule has 0 aliphatic carbocycles. The first-order valence-electron chi connectivity index (χ1n) is 8.74. The molecule has 0 spiro atoms. The molecule has 0 saturated carbocycles. The van der Waals surface area contributed by atoms with Crippen LogP contribution in [0.25, 0.3) is 0 Å². The van der Waals surface area contributed by atoms with E-state index < -0.39 is 17.5 Å². The molecule has 0 unspecified atom stereocenters. The number of halogens is 2. The van der Waals surface area contributed by atoms with Gasteiger partial charge in [-0.3, -0.25) is 4.79 Å². The standard InChI is InChI=1S/C21H18F2N2OS/c22-16-8-7-15(12-17(16)23)21(26)24-13-19(20-6-3-11-27-20)25-10-9-14-4-1-2-5-18(14)25/h1-8,11-12,19H,9-10,13H2,(H,24,26)/t19-/m0/s1. The minimum Gasteiger partial charge on any atom is -0.361 e.